The van der Waals surface area contributed by atoms with Crippen LogP contribution in [-0.2, 0) is 16.6 Å². The monoisotopic (exact) mass is 278 g/mol. The van der Waals surface area contributed by atoms with Gasteiger partial charge in [0.2, 0.25) is 5.89 Å². The molecule has 0 spiro atoms. The Balaban J connectivity index is 1.68. The van der Waals surface area contributed by atoms with E-state index in [1.54, 1.807) is 18.2 Å². The molecule has 1 aromatic carbocycles. The van der Waals surface area contributed by atoms with Gasteiger partial charge in [0.25, 0.3) is 0 Å². The summed E-state index contributed by atoms with van der Waals surface area (Å²) in [5.41, 5.74) is 7.82. The minimum absolute atomic E-state index is 0.408. The van der Waals surface area contributed by atoms with E-state index in [4.69, 9.17) is 10.2 Å². The predicted octanol–water partition coefficient (Wildman–Crippen LogP) is 2.85. The van der Waals surface area contributed by atoms with Gasteiger partial charge in [0.05, 0.1) is 0 Å². The molecule has 1 aromatic heterocycles. The van der Waals surface area contributed by atoms with Gasteiger partial charge in [-0.15, -0.1) is 0 Å². The number of oxazole rings is 1. The van der Waals surface area contributed by atoms with Gasteiger partial charge in [-0.2, -0.15) is 0 Å². The largest absolute Gasteiger partial charge is 0.440 e. The average molecular weight is 278 g/mol. The summed E-state index contributed by atoms with van der Waals surface area (Å²) in [5.74, 6) is 2.36. The van der Waals surface area contributed by atoms with Crippen molar-refractivity contribution in [1.29, 1.82) is 0 Å². The number of aromatic nitrogens is 1. The Kier molecular flexibility index (Phi) is 3.55. The minimum Gasteiger partial charge on any atom is -0.440 e. The SMILES string of the molecule is Nc1ccc2oc(CS(=O)CC3CCCC3)nc2c1. The van der Waals surface area contributed by atoms with E-state index in [9.17, 15) is 4.21 Å². The third kappa shape index (κ3) is 2.97. The Bertz CT molecular complexity index is 603. The molecule has 2 N–H and O–H groups in total. The first-order chi connectivity index (χ1) is 9.20. The molecule has 0 bridgehead atoms. The molecule has 2 aromatic rings. The normalized spacial score (nSPS) is 18.1. The molecule has 0 saturated heterocycles. The highest BCUT2D eigenvalue weighted by Crippen LogP contribution is 2.26. The standard InChI is InChI=1S/C14H18N2O2S/c15-11-5-6-13-12(7-11)16-14(18-13)9-19(17)8-10-3-1-2-4-10/h5-7,10H,1-4,8-9,15H2. The number of nitrogens with two attached hydrogens (primary N) is 1. The van der Waals surface area contributed by atoms with Gasteiger partial charge in [-0.3, -0.25) is 4.21 Å². The second-order valence-corrected chi connectivity index (χ2v) is 6.74. The molecule has 102 valence electrons. The van der Waals surface area contributed by atoms with Gasteiger partial charge in [0, 0.05) is 22.2 Å². The van der Waals surface area contributed by atoms with Gasteiger partial charge < -0.3 is 10.2 Å². The molecular weight excluding hydrogens is 260 g/mol. The lowest BCUT2D eigenvalue weighted by atomic mass is 10.1. The van der Waals surface area contributed by atoms with E-state index in [1.807, 2.05) is 0 Å². The lowest BCUT2D eigenvalue weighted by molar-refractivity contribution is 0.549. The lowest BCUT2D eigenvalue weighted by Crippen LogP contribution is -2.09. The highest BCUT2D eigenvalue weighted by molar-refractivity contribution is 7.84. The van der Waals surface area contributed by atoms with Gasteiger partial charge >= 0.3 is 0 Å². The highest BCUT2D eigenvalue weighted by atomic mass is 32.2. The summed E-state index contributed by atoms with van der Waals surface area (Å²) in [5, 5.41) is 0. The third-order valence-electron chi connectivity index (χ3n) is 3.64. The number of rotatable bonds is 4. The molecule has 1 atom stereocenters. The lowest BCUT2D eigenvalue weighted by Gasteiger charge is -2.06. The smallest absolute Gasteiger partial charge is 0.208 e. The molecule has 19 heavy (non-hydrogen) atoms. The molecular formula is C14H18N2O2S. The van der Waals surface area contributed by atoms with Crippen molar-refractivity contribution in [3.8, 4) is 0 Å². The van der Waals surface area contributed by atoms with Crippen LogP contribution in [0.15, 0.2) is 22.6 Å². The highest BCUT2D eigenvalue weighted by Gasteiger charge is 2.19. The van der Waals surface area contributed by atoms with E-state index in [1.165, 1.54) is 25.7 Å². The van der Waals surface area contributed by atoms with Crippen LogP contribution in [-0.4, -0.2) is 14.9 Å². The summed E-state index contributed by atoms with van der Waals surface area (Å²) in [6, 6.07) is 5.37. The second kappa shape index (κ2) is 5.33. The zero-order chi connectivity index (χ0) is 13.2. The summed E-state index contributed by atoms with van der Waals surface area (Å²) < 4.78 is 17.7. The van der Waals surface area contributed by atoms with Gasteiger partial charge in [-0.25, -0.2) is 4.98 Å². The maximum absolute atomic E-state index is 12.1. The van der Waals surface area contributed by atoms with E-state index < -0.39 is 10.8 Å². The van der Waals surface area contributed by atoms with Crippen LogP contribution in [0.25, 0.3) is 11.1 Å². The summed E-state index contributed by atoms with van der Waals surface area (Å²) in [7, 11) is -0.880. The van der Waals surface area contributed by atoms with Crippen molar-refractivity contribution in [2.24, 2.45) is 5.92 Å². The van der Waals surface area contributed by atoms with Gasteiger partial charge in [0.15, 0.2) is 5.58 Å². The van der Waals surface area contributed by atoms with Gasteiger partial charge in [-0.05, 0) is 37.0 Å². The molecule has 1 saturated carbocycles. The summed E-state index contributed by atoms with van der Waals surface area (Å²) in [4.78, 5) is 4.35. The number of nitrogen functional groups attached to an aromatic ring is 1. The number of anilines is 1. The first-order valence-corrected chi connectivity index (χ1v) is 8.19. The number of hydrogen-bond donors (Lipinski definition) is 1. The van der Waals surface area contributed by atoms with Crippen LogP contribution in [0.3, 0.4) is 0 Å². The van der Waals surface area contributed by atoms with Crippen molar-refractivity contribution in [2.75, 3.05) is 11.5 Å². The average Bonchev–Trinajstić information content (AvgIpc) is 2.97. The molecule has 0 aliphatic heterocycles. The number of hydrogen-bond acceptors (Lipinski definition) is 4. The Morgan fingerprint density at radius 1 is 1.37 bits per heavy atom. The predicted molar refractivity (Wildman–Crippen MR) is 77.1 cm³/mol. The minimum atomic E-state index is -0.880. The zero-order valence-electron chi connectivity index (χ0n) is 10.8. The van der Waals surface area contributed by atoms with Crippen molar-refractivity contribution < 1.29 is 8.63 Å². The maximum Gasteiger partial charge on any atom is 0.208 e. The fraction of sp³-hybridized carbons (Fsp3) is 0.500. The Hall–Kier alpha value is -1.36. The maximum atomic E-state index is 12.1. The van der Waals surface area contributed by atoms with Crippen LogP contribution in [0, 0.1) is 5.92 Å². The third-order valence-corrected chi connectivity index (χ3v) is 5.05. The number of benzene rings is 1. The summed E-state index contributed by atoms with van der Waals surface area (Å²) in [6.45, 7) is 0. The molecule has 1 aliphatic carbocycles. The molecule has 0 amide bonds. The fourth-order valence-corrected chi connectivity index (χ4v) is 4.07. The van der Waals surface area contributed by atoms with Crippen molar-refractivity contribution in [3.05, 3.63) is 24.1 Å². The number of nitrogens with zero attached hydrogens (tertiary/aromatic N) is 1. The van der Waals surface area contributed by atoms with Crippen molar-refractivity contribution >= 4 is 27.6 Å². The molecule has 3 rings (SSSR count). The molecule has 1 fully saturated rings. The number of fused-ring (bicyclic) bond motifs is 1. The molecule has 0 radical (unpaired) electrons. The van der Waals surface area contributed by atoms with Gasteiger partial charge in [0.1, 0.15) is 11.3 Å². The van der Waals surface area contributed by atoms with E-state index in [-0.39, 0.29) is 0 Å². The Morgan fingerprint density at radius 3 is 2.95 bits per heavy atom. The van der Waals surface area contributed by atoms with Gasteiger partial charge in [-0.1, -0.05) is 12.8 Å². The van der Waals surface area contributed by atoms with Crippen LogP contribution >= 0.6 is 0 Å². The van der Waals surface area contributed by atoms with Crippen LogP contribution in [0.5, 0.6) is 0 Å². The molecule has 1 heterocycles. The first-order valence-electron chi connectivity index (χ1n) is 6.70. The van der Waals surface area contributed by atoms with E-state index >= 15 is 0 Å². The second-order valence-electron chi connectivity index (χ2n) is 5.24. The van der Waals surface area contributed by atoms with Crippen LogP contribution in [0.1, 0.15) is 31.6 Å². The first kappa shape index (κ1) is 12.7. The Morgan fingerprint density at radius 2 is 2.16 bits per heavy atom. The Labute approximate surface area is 114 Å². The van der Waals surface area contributed by atoms with Crippen LogP contribution < -0.4 is 5.73 Å². The van der Waals surface area contributed by atoms with Crippen molar-refractivity contribution in [1.82, 2.24) is 4.98 Å². The summed E-state index contributed by atoms with van der Waals surface area (Å²) >= 11 is 0. The topological polar surface area (TPSA) is 69.1 Å². The molecule has 1 aliphatic rings. The van der Waals surface area contributed by atoms with E-state index in [0.717, 1.165) is 11.3 Å². The van der Waals surface area contributed by atoms with Crippen molar-refractivity contribution in [2.45, 2.75) is 31.4 Å². The molecule has 4 nitrogen and oxygen atoms in total. The molecule has 5 heteroatoms. The summed E-state index contributed by atoms with van der Waals surface area (Å²) in [6.07, 6.45) is 5.00. The zero-order valence-corrected chi connectivity index (χ0v) is 11.6. The van der Waals surface area contributed by atoms with E-state index in [0.29, 0.717) is 28.8 Å². The van der Waals surface area contributed by atoms with Crippen LogP contribution in [0.4, 0.5) is 5.69 Å². The van der Waals surface area contributed by atoms with E-state index in [2.05, 4.69) is 4.98 Å². The quantitative estimate of drug-likeness (QED) is 0.873. The van der Waals surface area contributed by atoms with Crippen molar-refractivity contribution in [3.63, 3.8) is 0 Å². The fourth-order valence-electron chi connectivity index (χ4n) is 2.69. The van der Waals surface area contributed by atoms with Crippen LogP contribution in [0.2, 0.25) is 0 Å². The molecule has 1 unspecified atom stereocenters.